The van der Waals surface area contributed by atoms with E-state index in [-0.39, 0.29) is 0 Å². The first-order valence-corrected chi connectivity index (χ1v) is 6.58. The van der Waals surface area contributed by atoms with Crippen molar-refractivity contribution in [1.82, 2.24) is 10.2 Å². The van der Waals surface area contributed by atoms with E-state index in [0.29, 0.717) is 6.04 Å². The number of hydrogen-bond acceptors (Lipinski definition) is 3. The van der Waals surface area contributed by atoms with E-state index in [2.05, 4.69) is 40.5 Å². The molecule has 0 amide bonds. The van der Waals surface area contributed by atoms with Crippen LogP contribution in [0.4, 0.5) is 0 Å². The molecule has 0 radical (unpaired) electrons. The molecule has 0 aromatic heterocycles. The lowest BCUT2D eigenvalue weighted by Crippen LogP contribution is -2.31. The SMILES string of the molecule is CNC(CN1CCSC1)c1ccccc1. The summed E-state index contributed by atoms with van der Waals surface area (Å²) in [6.45, 7) is 2.35. The van der Waals surface area contributed by atoms with Crippen LogP contribution in [0.15, 0.2) is 30.3 Å². The van der Waals surface area contributed by atoms with E-state index in [1.807, 2.05) is 18.8 Å². The fourth-order valence-electron chi connectivity index (χ4n) is 1.90. The molecule has 3 heteroatoms. The highest BCUT2D eigenvalue weighted by atomic mass is 32.2. The van der Waals surface area contributed by atoms with E-state index in [4.69, 9.17) is 0 Å². The van der Waals surface area contributed by atoms with Crippen LogP contribution in [0.1, 0.15) is 11.6 Å². The molecule has 0 spiro atoms. The Morgan fingerprint density at radius 3 is 2.80 bits per heavy atom. The molecule has 1 aromatic rings. The topological polar surface area (TPSA) is 15.3 Å². The summed E-state index contributed by atoms with van der Waals surface area (Å²) in [5, 5.41) is 3.39. The zero-order valence-corrected chi connectivity index (χ0v) is 9.96. The van der Waals surface area contributed by atoms with Crippen molar-refractivity contribution in [3.8, 4) is 0 Å². The fraction of sp³-hybridized carbons (Fsp3) is 0.500. The molecule has 1 heterocycles. The molecule has 1 unspecified atom stereocenters. The molecule has 0 bridgehead atoms. The minimum Gasteiger partial charge on any atom is -0.312 e. The number of benzene rings is 1. The van der Waals surface area contributed by atoms with Gasteiger partial charge >= 0.3 is 0 Å². The van der Waals surface area contributed by atoms with Gasteiger partial charge in [-0.25, -0.2) is 0 Å². The molecule has 0 saturated carbocycles. The van der Waals surface area contributed by atoms with Gasteiger partial charge in [0.1, 0.15) is 0 Å². The maximum atomic E-state index is 3.39. The second-order valence-corrected chi connectivity index (χ2v) is 4.94. The van der Waals surface area contributed by atoms with Gasteiger partial charge in [-0.3, -0.25) is 4.90 Å². The molecule has 1 atom stereocenters. The molecule has 15 heavy (non-hydrogen) atoms. The second kappa shape index (κ2) is 5.54. The van der Waals surface area contributed by atoms with E-state index in [1.54, 1.807) is 0 Å². The minimum absolute atomic E-state index is 0.463. The number of nitrogens with zero attached hydrogens (tertiary/aromatic N) is 1. The van der Waals surface area contributed by atoms with E-state index >= 15 is 0 Å². The van der Waals surface area contributed by atoms with Crippen molar-refractivity contribution in [2.45, 2.75) is 6.04 Å². The molecule has 1 aliphatic heterocycles. The van der Waals surface area contributed by atoms with Crippen LogP contribution >= 0.6 is 11.8 Å². The molecule has 2 rings (SSSR count). The Morgan fingerprint density at radius 2 is 2.20 bits per heavy atom. The number of hydrogen-bond donors (Lipinski definition) is 1. The van der Waals surface area contributed by atoms with Gasteiger partial charge in [0.25, 0.3) is 0 Å². The Hall–Kier alpha value is -0.510. The van der Waals surface area contributed by atoms with Crippen LogP contribution in [-0.2, 0) is 0 Å². The van der Waals surface area contributed by atoms with E-state index in [0.717, 1.165) is 6.54 Å². The van der Waals surface area contributed by atoms with Crippen molar-refractivity contribution in [3.63, 3.8) is 0 Å². The maximum Gasteiger partial charge on any atom is 0.0447 e. The fourth-order valence-corrected chi connectivity index (χ4v) is 2.91. The molecule has 1 saturated heterocycles. The Kier molecular flexibility index (Phi) is 4.06. The van der Waals surface area contributed by atoms with Gasteiger partial charge in [0.05, 0.1) is 0 Å². The summed E-state index contributed by atoms with van der Waals surface area (Å²) < 4.78 is 0. The average Bonchev–Trinajstić information content (AvgIpc) is 2.80. The molecular weight excluding hydrogens is 204 g/mol. The van der Waals surface area contributed by atoms with Gasteiger partial charge in [-0.15, -0.1) is 11.8 Å². The van der Waals surface area contributed by atoms with Gasteiger partial charge in [-0.2, -0.15) is 0 Å². The lowest BCUT2D eigenvalue weighted by molar-refractivity contribution is 0.313. The molecular formula is C12H18N2S. The van der Waals surface area contributed by atoms with E-state index in [1.165, 1.54) is 23.7 Å². The summed E-state index contributed by atoms with van der Waals surface area (Å²) in [6, 6.07) is 11.2. The van der Waals surface area contributed by atoms with Crippen LogP contribution < -0.4 is 5.32 Å². The third-order valence-corrected chi connectivity index (χ3v) is 3.84. The summed E-state index contributed by atoms with van der Waals surface area (Å²) >= 11 is 2.03. The number of likely N-dealkylation sites (N-methyl/N-ethyl adjacent to an activating group) is 1. The van der Waals surface area contributed by atoms with Crippen molar-refractivity contribution in [2.75, 3.05) is 31.8 Å². The van der Waals surface area contributed by atoms with Gasteiger partial charge in [0.2, 0.25) is 0 Å². The highest BCUT2D eigenvalue weighted by molar-refractivity contribution is 7.99. The number of rotatable bonds is 4. The average molecular weight is 222 g/mol. The summed E-state index contributed by atoms with van der Waals surface area (Å²) in [5.41, 5.74) is 1.39. The predicted molar refractivity (Wildman–Crippen MR) is 67.1 cm³/mol. The van der Waals surface area contributed by atoms with Crippen LogP contribution in [0, 0.1) is 0 Å². The maximum absolute atomic E-state index is 3.39. The molecule has 2 nitrogen and oxygen atoms in total. The Balaban J connectivity index is 1.97. The summed E-state index contributed by atoms with van der Waals surface area (Å²) in [6.07, 6.45) is 0. The molecule has 1 N–H and O–H groups in total. The minimum atomic E-state index is 0.463. The molecule has 0 aliphatic carbocycles. The van der Waals surface area contributed by atoms with E-state index in [9.17, 15) is 0 Å². The number of thioether (sulfide) groups is 1. The first-order chi connectivity index (χ1) is 7.40. The van der Waals surface area contributed by atoms with Crippen molar-refractivity contribution in [1.29, 1.82) is 0 Å². The van der Waals surface area contributed by atoms with Crippen molar-refractivity contribution in [2.24, 2.45) is 0 Å². The highest BCUT2D eigenvalue weighted by Gasteiger charge is 2.17. The van der Waals surface area contributed by atoms with Gasteiger partial charge in [0.15, 0.2) is 0 Å². The highest BCUT2D eigenvalue weighted by Crippen LogP contribution is 2.19. The molecule has 1 aliphatic rings. The van der Waals surface area contributed by atoms with Gasteiger partial charge in [0, 0.05) is 30.8 Å². The Bertz CT molecular complexity index is 283. The summed E-state index contributed by atoms with van der Waals surface area (Å²) in [7, 11) is 2.04. The summed E-state index contributed by atoms with van der Waals surface area (Å²) in [5.74, 6) is 2.47. The lowest BCUT2D eigenvalue weighted by Gasteiger charge is -2.22. The van der Waals surface area contributed by atoms with Gasteiger partial charge in [-0.05, 0) is 12.6 Å². The lowest BCUT2D eigenvalue weighted by atomic mass is 10.1. The normalized spacial score (nSPS) is 19.3. The van der Waals surface area contributed by atoms with Crippen LogP contribution in [-0.4, -0.2) is 36.7 Å². The summed E-state index contributed by atoms with van der Waals surface area (Å²) in [4.78, 5) is 2.51. The second-order valence-electron chi connectivity index (χ2n) is 3.87. The molecule has 1 fully saturated rings. The van der Waals surface area contributed by atoms with Gasteiger partial charge in [-0.1, -0.05) is 30.3 Å². The van der Waals surface area contributed by atoms with Gasteiger partial charge < -0.3 is 5.32 Å². The molecule has 82 valence electrons. The first-order valence-electron chi connectivity index (χ1n) is 5.42. The smallest absolute Gasteiger partial charge is 0.0447 e. The van der Waals surface area contributed by atoms with Crippen molar-refractivity contribution in [3.05, 3.63) is 35.9 Å². The van der Waals surface area contributed by atoms with Crippen LogP contribution in [0.3, 0.4) is 0 Å². The van der Waals surface area contributed by atoms with Crippen molar-refractivity contribution < 1.29 is 0 Å². The predicted octanol–water partition coefficient (Wildman–Crippen LogP) is 1.95. The van der Waals surface area contributed by atoms with Crippen LogP contribution in [0.25, 0.3) is 0 Å². The number of nitrogens with one attached hydrogen (secondary N) is 1. The quantitative estimate of drug-likeness (QED) is 0.838. The Morgan fingerprint density at radius 1 is 1.40 bits per heavy atom. The first kappa shape index (κ1) is 11.0. The largest absolute Gasteiger partial charge is 0.312 e. The standard InChI is InChI=1S/C12H18N2S/c1-13-12(9-14-7-8-15-10-14)11-5-3-2-4-6-11/h2-6,12-13H,7-10H2,1H3. The molecule has 1 aromatic carbocycles. The van der Waals surface area contributed by atoms with E-state index < -0.39 is 0 Å². The van der Waals surface area contributed by atoms with Crippen molar-refractivity contribution >= 4 is 11.8 Å². The third-order valence-electron chi connectivity index (χ3n) is 2.82. The third kappa shape index (κ3) is 2.97. The zero-order chi connectivity index (χ0) is 10.5. The monoisotopic (exact) mass is 222 g/mol. The zero-order valence-electron chi connectivity index (χ0n) is 9.15. The van der Waals surface area contributed by atoms with Crippen LogP contribution in [0.5, 0.6) is 0 Å². The van der Waals surface area contributed by atoms with Crippen LogP contribution in [0.2, 0.25) is 0 Å². The Labute approximate surface area is 96.0 Å².